The molecule has 3 aromatic rings. The van der Waals surface area contributed by atoms with Crippen molar-refractivity contribution in [1.82, 2.24) is 9.80 Å². The fourth-order valence-electron chi connectivity index (χ4n) is 3.38. The standard InChI is InChI=1S/C23H22N2O4/c1-28-19-7-8-21-18(15-19)16-20(23(27)29-21)22(26)25-13-11-24(12-14-25)10-9-17-5-3-2-4-6-17/h2-10,15-16H,11-14H2,1H3. The summed E-state index contributed by atoms with van der Waals surface area (Å²) < 4.78 is 10.5. The van der Waals surface area contributed by atoms with Gasteiger partial charge < -0.3 is 19.0 Å². The Bertz CT molecular complexity index is 1100. The number of rotatable bonds is 4. The van der Waals surface area contributed by atoms with Gasteiger partial charge in [0.15, 0.2) is 0 Å². The van der Waals surface area contributed by atoms with Crippen molar-refractivity contribution in [3.05, 3.63) is 82.3 Å². The summed E-state index contributed by atoms with van der Waals surface area (Å²) in [5.74, 6) is 0.346. The summed E-state index contributed by atoms with van der Waals surface area (Å²) in [6.07, 6.45) is 4.11. The second kappa shape index (κ2) is 8.22. The lowest BCUT2D eigenvalue weighted by Crippen LogP contribution is -2.47. The van der Waals surface area contributed by atoms with Crippen LogP contribution in [0.1, 0.15) is 15.9 Å². The molecule has 0 radical (unpaired) electrons. The summed E-state index contributed by atoms with van der Waals surface area (Å²) in [6.45, 7) is 2.52. The first-order valence-electron chi connectivity index (χ1n) is 9.52. The number of methoxy groups -OCH3 is 1. The van der Waals surface area contributed by atoms with Gasteiger partial charge in [0.1, 0.15) is 16.9 Å². The van der Waals surface area contributed by atoms with E-state index >= 15 is 0 Å². The lowest BCUT2D eigenvalue weighted by Gasteiger charge is -2.34. The number of hydrogen-bond acceptors (Lipinski definition) is 5. The van der Waals surface area contributed by atoms with Crippen LogP contribution in [0, 0.1) is 0 Å². The van der Waals surface area contributed by atoms with Gasteiger partial charge in [-0.1, -0.05) is 30.3 Å². The van der Waals surface area contributed by atoms with E-state index in [-0.39, 0.29) is 11.5 Å². The molecule has 0 bridgehead atoms. The average molecular weight is 390 g/mol. The van der Waals surface area contributed by atoms with Crippen molar-refractivity contribution < 1.29 is 13.9 Å². The molecule has 1 amide bonds. The molecular weight excluding hydrogens is 368 g/mol. The van der Waals surface area contributed by atoms with Crippen LogP contribution in [0.4, 0.5) is 0 Å². The number of nitrogens with zero attached hydrogens (tertiary/aromatic N) is 2. The van der Waals surface area contributed by atoms with E-state index in [9.17, 15) is 9.59 Å². The summed E-state index contributed by atoms with van der Waals surface area (Å²) in [5, 5.41) is 0.664. The smallest absolute Gasteiger partial charge is 0.349 e. The Morgan fingerprint density at radius 2 is 1.79 bits per heavy atom. The van der Waals surface area contributed by atoms with Gasteiger partial charge in [-0.3, -0.25) is 4.79 Å². The summed E-state index contributed by atoms with van der Waals surface area (Å²) in [7, 11) is 1.57. The molecule has 2 aromatic carbocycles. The number of benzene rings is 2. The molecule has 2 heterocycles. The minimum atomic E-state index is -0.612. The number of carbonyl (C=O) groups is 1. The SMILES string of the molecule is COc1ccc2oc(=O)c(C(=O)N3CCN(C=Cc4ccccc4)CC3)cc2c1. The summed E-state index contributed by atoms with van der Waals surface area (Å²) in [4.78, 5) is 29.1. The van der Waals surface area contributed by atoms with Gasteiger partial charge in [-0.15, -0.1) is 0 Å². The van der Waals surface area contributed by atoms with Crippen LogP contribution in [0.5, 0.6) is 5.75 Å². The topological polar surface area (TPSA) is 63.0 Å². The van der Waals surface area contributed by atoms with Gasteiger partial charge in [0.25, 0.3) is 5.91 Å². The minimum absolute atomic E-state index is 0.0547. The molecule has 1 aromatic heterocycles. The van der Waals surface area contributed by atoms with Gasteiger partial charge in [-0.2, -0.15) is 0 Å². The van der Waals surface area contributed by atoms with E-state index in [2.05, 4.69) is 11.0 Å². The minimum Gasteiger partial charge on any atom is -0.497 e. The summed E-state index contributed by atoms with van der Waals surface area (Å²) in [5.41, 5.74) is 1.01. The molecule has 6 nitrogen and oxygen atoms in total. The fraction of sp³-hybridized carbons (Fsp3) is 0.217. The highest BCUT2D eigenvalue weighted by atomic mass is 16.5. The van der Waals surface area contributed by atoms with E-state index in [1.54, 1.807) is 36.3 Å². The maximum Gasteiger partial charge on any atom is 0.349 e. The Hall–Kier alpha value is -3.54. The zero-order chi connectivity index (χ0) is 20.2. The molecule has 1 aliphatic rings. The lowest BCUT2D eigenvalue weighted by molar-refractivity contribution is 0.0676. The Morgan fingerprint density at radius 3 is 2.52 bits per heavy atom. The van der Waals surface area contributed by atoms with Crippen molar-refractivity contribution in [3.8, 4) is 5.75 Å². The molecule has 0 atom stereocenters. The zero-order valence-corrected chi connectivity index (χ0v) is 16.2. The van der Waals surface area contributed by atoms with Crippen molar-refractivity contribution in [3.63, 3.8) is 0 Å². The number of amides is 1. The number of carbonyl (C=O) groups excluding carboxylic acids is 1. The number of ether oxygens (including phenoxy) is 1. The molecule has 0 aliphatic carbocycles. The van der Waals surface area contributed by atoms with Crippen molar-refractivity contribution in [2.75, 3.05) is 33.3 Å². The molecule has 0 spiro atoms. The molecule has 0 N–H and O–H groups in total. The molecule has 0 unspecified atom stereocenters. The molecular formula is C23H22N2O4. The monoisotopic (exact) mass is 390 g/mol. The van der Waals surface area contributed by atoms with Gasteiger partial charge in [0, 0.05) is 31.6 Å². The quantitative estimate of drug-likeness (QED) is 0.640. The lowest BCUT2D eigenvalue weighted by atomic mass is 10.1. The Kier molecular flexibility index (Phi) is 5.33. The first kappa shape index (κ1) is 18.8. The van der Waals surface area contributed by atoms with Crippen molar-refractivity contribution in [1.29, 1.82) is 0 Å². The van der Waals surface area contributed by atoms with Crippen LogP contribution < -0.4 is 10.4 Å². The van der Waals surface area contributed by atoms with E-state index in [1.165, 1.54) is 0 Å². The van der Waals surface area contributed by atoms with E-state index in [0.29, 0.717) is 42.9 Å². The molecule has 1 aliphatic heterocycles. The van der Waals surface area contributed by atoms with E-state index in [1.807, 2.05) is 36.5 Å². The highest BCUT2D eigenvalue weighted by molar-refractivity contribution is 5.96. The van der Waals surface area contributed by atoms with Crippen LogP contribution in [-0.4, -0.2) is 49.0 Å². The van der Waals surface area contributed by atoms with Gasteiger partial charge in [0.05, 0.1) is 7.11 Å². The van der Waals surface area contributed by atoms with E-state index < -0.39 is 5.63 Å². The highest BCUT2D eigenvalue weighted by Crippen LogP contribution is 2.21. The third kappa shape index (κ3) is 4.16. The molecule has 1 saturated heterocycles. The van der Waals surface area contributed by atoms with Gasteiger partial charge in [-0.05, 0) is 42.1 Å². The first-order valence-corrected chi connectivity index (χ1v) is 9.52. The molecule has 6 heteroatoms. The molecule has 0 saturated carbocycles. The second-order valence-electron chi connectivity index (χ2n) is 6.91. The van der Waals surface area contributed by atoms with Crippen LogP contribution in [-0.2, 0) is 0 Å². The molecule has 148 valence electrons. The third-order valence-electron chi connectivity index (χ3n) is 5.05. The van der Waals surface area contributed by atoms with E-state index in [0.717, 1.165) is 5.56 Å². The van der Waals surface area contributed by atoms with Gasteiger partial charge >= 0.3 is 5.63 Å². The highest BCUT2D eigenvalue weighted by Gasteiger charge is 2.24. The van der Waals surface area contributed by atoms with Crippen LogP contribution in [0.15, 0.2) is 70.0 Å². The maximum absolute atomic E-state index is 12.9. The number of hydrogen-bond donors (Lipinski definition) is 0. The Morgan fingerprint density at radius 1 is 1.03 bits per heavy atom. The summed E-state index contributed by atoms with van der Waals surface area (Å²) >= 11 is 0. The van der Waals surface area contributed by atoms with Gasteiger partial charge in [-0.25, -0.2) is 4.79 Å². The van der Waals surface area contributed by atoms with Crippen molar-refractivity contribution in [2.24, 2.45) is 0 Å². The number of piperazine rings is 1. The van der Waals surface area contributed by atoms with Crippen LogP contribution >= 0.6 is 0 Å². The van der Waals surface area contributed by atoms with E-state index in [4.69, 9.17) is 9.15 Å². The van der Waals surface area contributed by atoms with Crippen molar-refractivity contribution in [2.45, 2.75) is 0 Å². The Balaban J connectivity index is 1.46. The molecule has 29 heavy (non-hydrogen) atoms. The Labute approximate surface area is 168 Å². The second-order valence-corrected chi connectivity index (χ2v) is 6.91. The van der Waals surface area contributed by atoms with Crippen LogP contribution in [0.2, 0.25) is 0 Å². The normalized spacial score (nSPS) is 14.5. The van der Waals surface area contributed by atoms with Gasteiger partial charge in [0.2, 0.25) is 0 Å². The third-order valence-corrected chi connectivity index (χ3v) is 5.05. The van der Waals surface area contributed by atoms with Crippen LogP contribution in [0.3, 0.4) is 0 Å². The predicted octanol–water partition coefficient (Wildman–Crippen LogP) is 3.23. The molecule has 4 rings (SSSR count). The first-order chi connectivity index (χ1) is 14.1. The average Bonchev–Trinajstić information content (AvgIpc) is 2.77. The number of fused-ring (bicyclic) bond motifs is 1. The summed E-state index contributed by atoms with van der Waals surface area (Å²) in [6, 6.07) is 16.8. The zero-order valence-electron chi connectivity index (χ0n) is 16.2. The molecule has 1 fully saturated rings. The largest absolute Gasteiger partial charge is 0.497 e. The maximum atomic E-state index is 12.9. The van der Waals surface area contributed by atoms with Crippen molar-refractivity contribution >= 4 is 23.0 Å². The van der Waals surface area contributed by atoms with Crippen LogP contribution in [0.25, 0.3) is 17.0 Å². The fourth-order valence-corrected chi connectivity index (χ4v) is 3.38. The predicted molar refractivity (Wildman–Crippen MR) is 112 cm³/mol.